The van der Waals surface area contributed by atoms with E-state index in [9.17, 15) is 0 Å². The first kappa shape index (κ1) is 13.8. The summed E-state index contributed by atoms with van der Waals surface area (Å²) in [7, 11) is 0. The Labute approximate surface area is 111 Å². The van der Waals surface area contributed by atoms with Crippen molar-refractivity contribution >= 4 is 0 Å². The molecule has 0 aliphatic heterocycles. The maximum absolute atomic E-state index is 4.91. The van der Waals surface area contributed by atoms with Gasteiger partial charge in [-0.2, -0.15) is 0 Å². The van der Waals surface area contributed by atoms with Crippen LogP contribution in [0.4, 0.5) is 0 Å². The molecule has 1 saturated carbocycles. The summed E-state index contributed by atoms with van der Waals surface area (Å²) in [6.07, 6.45) is 6.76. The van der Waals surface area contributed by atoms with Gasteiger partial charge in [0.05, 0.1) is 0 Å². The van der Waals surface area contributed by atoms with E-state index in [1.165, 1.54) is 37.7 Å². The van der Waals surface area contributed by atoms with E-state index in [1.807, 2.05) is 0 Å². The summed E-state index contributed by atoms with van der Waals surface area (Å²) in [5.41, 5.74) is 1.35. The summed E-state index contributed by atoms with van der Waals surface area (Å²) in [5, 5.41) is 4.91. The van der Waals surface area contributed by atoms with Crippen LogP contribution >= 0.6 is 0 Å². The third-order valence-corrected chi connectivity index (χ3v) is 3.29. The van der Waals surface area contributed by atoms with E-state index >= 15 is 0 Å². The van der Waals surface area contributed by atoms with Gasteiger partial charge in [-0.15, -0.1) is 12.1 Å². The largest absolute Gasteiger partial charge is 1.00 e. The van der Waals surface area contributed by atoms with Gasteiger partial charge >= 0.3 is 18.9 Å². The van der Waals surface area contributed by atoms with Crippen LogP contribution in [0, 0.1) is 0 Å². The Morgan fingerprint density at radius 1 is 1.06 bits per heavy atom. The zero-order chi connectivity index (χ0) is 10.5. The molecule has 1 aliphatic rings. The van der Waals surface area contributed by atoms with Crippen molar-refractivity contribution in [3.05, 3.63) is 41.2 Å². The minimum atomic E-state index is 0. The molecule has 1 aliphatic carbocycles. The molecule has 0 aromatic heterocycles. The van der Waals surface area contributed by atoms with E-state index in [-0.39, 0.29) is 18.9 Å². The SMILES string of the molecule is C[C@H]([N-]C1CCCCC1)c1ccccc1.[Li+]. The molecule has 0 heterocycles. The molecular formula is C14H20LiN. The van der Waals surface area contributed by atoms with E-state index in [0.717, 1.165) is 0 Å². The number of hydrogen-bond donors (Lipinski definition) is 0. The Hall–Kier alpha value is -0.223. The van der Waals surface area contributed by atoms with E-state index in [0.29, 0.717) is 12.1 Å². The molecule has 1 aromatic rings. The van der Waals surface area contributed by atoms with Crippen LogP contribution < -0.4 is 18.9 Å². The molecule has 0 bridgehead atoms. The van der Waals surface area contributed by atoms with Crippen molar-refractivity contribution < 1.29 is 18.9 Å². The van der Waals surface area contributed by atoms with E-state index in [1.54, 1.807) is 0 Å². The monoisotopic (exact) mass is 209 g/mol. The minimum Gasteiger partial charge on any atom is -0.653 e. The molecule has 0 saturated heterocycles. The van der Waals surface area contributed by atoms with Crippen LogP contribution in [0.15, 0.2) is 30.3 Å². The molecule has 1 fully saturated rings. The first-order valence-corrected chi connectivity index (χ1v) is 6.11. The second-order valence-corrected chi connectivity index (χ2v) is 4.53. The first-order valence-electron chi connectivity index (χ1n) is 6.11. The van der Waals surface area contributed by atoms with E-state index in [4.69, 9.17) is 5.32 Å². The van der Waals surface area contributed by atoms with Crippen molar-refractivity contribution in [3.8, 4) is 0 Å². The van der Waals surface area contributed by atoms with Crippen molar-refractivity contribution in [1.82, 2.24) is 0 Å². The van der Waals surface area contributed by atoms with Crippen molar-refractivity contribution in [1.29, 1.82) is 0 Å². The molecule has 0 amide bonds. The minimum absolute atomic E-state index is 0. The molecule has 16 heavy (non-hydrogen) atoms. The molecule has 0 unspecified atom stereocenters. The number of nitrogens with zero attached hydrogens (tertiary/aromatic N) is 1. The van der Waals surface area contributed by atoms with Crippen molar-refractivity contribution in [2.75, 3.05) is 0 Å². The molecular weight excluding hydrogens is 189 g/mol. The Morgan fingerprint density at radius 3 is 2.31 bits per heavy atom. The Kier molecular flexibility index (Phi) is 6.20. The molecule has 1 atom stereocenters. The summed E-state index contributed by atoms with van der Waals surface area (Å²) in [6.45, 7) is 2.21. The van der Waals surface area contributed by atoms with Crippen LogP contribution in [-0.4, -0.2) is 6.04 Å². The van der Waals surface area contributed by atoms with Crippen LogP contribution in [0.2, 0.25) is 0 Å². The molecule has 0 spiro atoms. The zero-order valence-corrected chi connectivity index (χ0v) is 10.5. The third kappa shape index (κ3) is 3.98. The van der Waals surface area contributed by atoms with Gasteiger partial charge in [0.2, 0.25) is 0 Å². The van der Waals surface area contributed by atoms with Crippen LogP contribution in [-0.2, 0) is 0 Å². The quantitative estimate of drug-likeness (QED) is 0.669. The summed E-state index contributed by atoms with van der Waals surface area (Å²) in [4.78, 5) is 0. The molecule has 1 nitrogen and oxygen atoms in total. The van der Waals surface area contributed by atoms with Gasteiger partial charge in [-0.05, 0) is 0 Å². The van der Waals surface area contributed by atoms with Gasteiger partial charge in [0.15, 0.2) is 0 Å². The van der Waals surface area contributed by atoms with Crippen LogP contribution in [0.3, 0.4) is 0 Å². The molecule has 1 aromatic carbocycles. The second kappa shape index (κ2) is 7.17. The fourth-order valence-corrected chi connectivity index (χ4v) is 2.36. The summed E-state index contributed by atoms with van der Waals surface area (Å²) in [6, 6.07) is 11.6. The van der Waals surface area contributed by atoms with Gasteiger partial charge in [0.1, 0.15) is 0 Å². The van der Waals surface area contributed by atoms with Crippen LogP contribution in [0.1, 0.15) is 50.6 Å². The fraction of sp³-hybridized carbons (Fsp3) is 0.571. The van der Waals surface area contributed by atoms with Gasteiger partial charge in [0.25, 0.3) is 0 Å². The first-order chi connectivity index (χ1) is 7.36. The Morgan fingerprint density at radius 2 is 1.69 bits per heavy atom. The number of rotatable bonds is 3. The predicted octanol–water partition coefficient (Wildman–Crippen LogP) is 1.46. The Bertz CT molecular complexity index is 280. The number of hydrogen-bond acceptors (Lipinski definition) is 0. The van der Waals surface area contributed by atoms with Crippen LogP contribution in [0.5, 0.6) is 0 Å². The molecule has 2 heteroatoms. The average molecular weight is 209 g/mol. The summed E-state index contributed by atoms with van der Waals surface area (Å²) in [5.74, 6) is 0. The average Bonchev–Trinajstić information content (AvgIpc) is 2.31. The summed E-state index contributed by atoms with van der Waals surface area (Å²) < 4.78 is 0. The van der Waals surface area contributed by atoms with Gasteiger partial charge in [0, 0.05) is 0 Å². The van der Waals surface area contributed by atoms with Gasteiger partial charge in [-0.25, -0.2) is 0 Å². The van der Waals surface area contributed by atoms with Crippen LogP contribution in [0.25, 0.3) is 5.32 Å². The maximum Gasteiger partial charge on any atom is 1.00 e. The van der Waals surface area contributed by atoms with Gasteiger partial charge in [-0.1, -0.05) is 74.9 Å². The topological polar surface area (TPSA) is 14.1 Å². The van der Waals surface area contributed by atoms with Crippen molar-refractivity contribution in [2.45, 2.75) is 51.1 Å². The van der Waals surface area contributed by atoms with E-state index in [2.05, 4.69) is 37.3 Å². The Balaban J connectivity index is 0.00000128. The normalized spacial score (nSPS) is 18.8. The smallest absolute Gasteiger partial charge is 0.653 e. The predicted molar refractivity (Wildman–Crippen MR) is 65.1 cm³/mol. The molecule has 82 valence electrons. The van der Waals surface area contributed by atoms with Crippen molar-refractivity contribution in [2.24, 2.45) is 0 Å². The maximum atomic E-state index is 4.91. The fourth-order valence-electron chi connectivity index (χ4n) is 2.36. The number of benzene rings is 1. The van der Waals surface area contributed by atoms with Gasteiger partial charge < -0.3 is 5.32 Å². The zero-order valence-electron chi connectivity index (χ0n) is 10.5. The van der Waals surface area contributed by atoms with Crippen molar-refractivity contribution in [3.63, 3.8) is 0 Å². The third-order valence-electron chi connectivity index (χ3n) is 3.29. The molecule has 2 rings (SSSR count). The standard InChI is InChI=1S/C14H20N.Li/c1-12(13-8-4-2-5-9-13)15-14-10-6-3-7-11-14;/h2,4-5,8-9,12,14H,3,6-7,10-11H2,1H3;/q-1;+1/t12-;/m0./s1. The molecule has 0 radical (unpaired) electrons. The van der Waals surface area contributed by atoms with E-state index < -0.39 is 0 Å². The summed E-state index contributed by atoms with van der Waals surface area (Å²) >= 11 is 0. The second-order valence-electron chi connectivity index (χ2n) is 4.53. The molecule has 0 N–H and O–H groups in total. The van der Waals surface area contributed by atoms with Gasteiger partial charge in [-0.3, -0.25) is 0 Å².